The van der Waals surface area contributed by atoms with E-state index in [4.69, 9.17) is 11.5 Å². The minimum Gasteiger partial charge on any atom is -0.341 e. The van der Waals surface area contributed by atoms with Gasteiger partial charge in [0.05, 0.1) is 0 Å². The van der Waals surface area contributed by atoms with Gasteiger partial charge in [-0.1, -0.05) is 30.3 Å². The zero-order chi connectivity index (χ0) is 13.8. The van der Waals surface area contributed by atoms with Crippen molar-refractivity contribution in [2.24, 2.45) is 17.4 Å². The van der Waals surface area contributed by atoms with Crippen molar-refractivity contribution in [1.29, 1.82) is 0 Å². The van der Waals surface area contributed by atoms with E-state index >= 15 is 0 Å². The number of likely N-dealkylation sites (tertiary alicyclic amines) is 1. The third-order valence-corrected chi connectivity index (χ3v) is 4.02. The summed E-state index contributed by atoms with van der Waals surface area (Å²) >= 11 is 0. The Bertz CT molecular complexity index is 411. The molecule has 1 amide bonds. The summed E-state index contributed by atoms with van der Waals surface area (Å²) in [6.07, 6.45) is 1.95. The SMILES string of the molecule is CC(N)C1CCN(C(=O)C(N)c2ccccc2)CC1. The molecule has 1 fully saturated rings. The third kappa shape index (κ3) is 3.33. The predicted molar refractivity (Wildman–Crippen MR) is 76.3 cm³/mol. The van der Waals surface area contributed by atoms with Crippen molar-refractivity contribution in [2.75, 3.05) is 13.1 Å². The summed E-state index contributed by atoms with van der Waals surface area (Å²) in [5.74, 6) is 0.548. The molecule has 1 aliphatic rings. The molecule has 19 heavy (non-hydrogen) atoms. The van der Waals surface area contributed by atoms with Crippen LogP contribution in [0.15, 0.2) is 30.3 Å². The minimum absolute atomic E-state index is 0.0225. The fourth-order valence-corrected chi connectivity index (χ4v) is 2.65. The second-order valence-corrected chi connectivity index (χ2v) is 5.41. The number of piperidine rings is 1. The summed E-state index contributed by atoms with van der Waals surface area (Å²) in [6, 6.07) is 9.20. The molecule has 0 radical (unpaired) electrons. The summed E-state index contributed by atoms with van der Waals surface area (Å²) < 4.78 is 0. The Morgan fingerprint density at radius 1 is 1.21 bits per heavy atom. The Morgan fingerprint density at radius 2 is 1.79 bits per heavy atom. The quantitative estimate of drug-likeness (QED) is 0.860. The minimum atomic E-state index is -0.548. The van der Waals surface area contributed by atoms with Crippen LogP contribution in [0.5, 0.6) is 0 Å². The molecule has 2 rings (SSSR count). The number of benzene rings is 1. The highest BCUT2D eigenvalue weighted by Gasteiger charge is 2.28. The lowest BCUT2D eigenvalue weighted by molar-refractivity contribution is -0.134. The molecule has 4 heteroatoms. The highest BCUT2D eigenvalue weighted by atomic mass is 16.2. The molecule has 2 atom stereocenters. The maximum atomic E-state index is 12.3. The van der Waals surface area contributed by atoms with Gasteiger partial charge in [0.2, 0.25) is 5.91 Å². The molecule has 4 nitrogen and oxygen atoms in total. The molecule has 0 spiro atoms. The van der Waals surface area contributed by atoms with Crippen molar-refractivity contribution in [3.05, 3.63) is 35.9 Å². The van der Waals surface area contributed by atoms with Gasteiger partial charge in [-0.3, -0.25) is 4.79 Å². The lowest BCUT2D eigenvalue weighted by Crippen LogP contribution is -2.45. The van der Waals surface area contributed by atoms with Crippen molar-refractivity contribution in [1.82, 2.24) is 4.90 Å². The summed E-state index contributed by atoms with van der Waals surface area (Å²) in [7, 11) is 0. The second-order valence-electron chi connectivity index (χ2n) is 5.41. The number of hydrogen-bond acceptors (Lipinski definition) is 3. The van der Waals surface area contributed by atoms with Crippen molar-refractivity contribution in [3.63, 3.8) is 0 Å². The lowest BCUT2D eigenvalue weighted by Gasteiger charge is -2.35. The number of nitrogens with two attached hydrogens (primary N) is 2. The van der Waals surface area contributed by atoms with Crippen molar-refractivity contribution in [2.45, 2.75) is 31.8 Å². The van der Waals surface area contributed by atoms with E-state index in [1.807, 2.05) is 42.2 Å². The van der Waals surface area contributed by atoms with Crippen LogP contribution in [0.2, 0.25) is 0 Å². The lowest BCUT2D eigenvalue weighted by atomic mass is 9.90. The number of nitrogens with zero attached hydrogens (tertiary/aromatic N) is 1. The van der Waals surface area contributed by atoms with Crippen molar-refractivity contribution < 1.29 is 4.79 Å². The molecule has 1 saturated heterocycles. The van der Waals surface area contributed by atoms with E-state index in [0.717, 1.165) is 31.5 Å². The summed E-state index contributed by atoms with van der Waals surface area (Å²) in [5, 5.41) is 0. The molecule has 4 N–H and O–H groups in total. The van der Waals surface area contributed by atoms with E-state index in [1.165, 1.54) is 0 Å². The summed E-state index contributed by atoms with van der Waals surface area (Å²) in [6.45, 7) is 3.58. The smallest absolute Gasteiger partial charge is 0.244 e. The second kappa shape index (κ2) is 6.17. The average molecular weight is 261 g/mol. The van der Waals surface area contributed by atoms with Crippen LogP contribution in [-0.2, 0) is 4.79 Å². The first-order chi connectivity index (χ1) is 9.09. The van der Waals surface area contributed by atoms with E-state index in [9.17, 15) is 4.79 Å². The highest BCUT2D eigenvalue weighted by Crippen LogP contribution is 2.22. The predicted octanol–water partition coefficient (Wildman–Crippen LogP) is 1.27. The number of rotatable bonds is 3. The molecule has 1 aliphatic heterocycles. The third-order valence-electron chi connectivity index (χ3n) is 4.02. The number of carbonyl (C=O) groups excluding carboxylic acids is 1. The van der Waals surface area contributed by atoms with Crippen LogP contribution in [0, 0.1) is 5.92 Å². The first-order valence-corrected chi connectivity index (χ1v) is 6.94. The zero-order valence-corrected chi connectivity index (χ0v) is 11.5. The van der Waals surface area contributed by atoms with Gasteiger partial charge in [-0.2, -0.15) is 0 Å². The Morgan fingerprint density at radius 3 is 2.32 bits per heavy atom. The maximum absolute atomic E-state index is 12.3. The van der Waals surface area contributed by atoms with Crippen LogP contribution in [-0.4, -0.2) is 29.9 Å². The fraction of sp³-hybridized carbons (Fsp3) is 0.533. The number of hydrogen-bond donors (Lipinski definition) is 2. The molecule has 1 aromatic rings. The standard InChI is InChI=1S/C15H23N3O/c1-11(16)12-7-9-18(10-8-12)15(19)14(17)13-5-3-2-4-6-13/h2-6,11-12,14H,7-10,16-17H2,1H3. The molecule has 0 aromatic heterocycles. The highest BCUT2D eigenvalue weighted by molar-refractivity contribution is 5.83. The van der Waals surface area contributed by atoms with Gasteiger partial charge in [0.15, 0.2) is 0 Å². The molecule has 104 valence electrons. The zero-order valence-electron chi connectivity index (χ0n) is 11.5. The Labute approximate surface area is 114 Å². The molecule has 2 unspecified atom stereocenters. The molecule has 1 aromatic carbocycles. The van der Waals surface area contributed by atoms with Crippen LogP contribution >= 0.6 is 0 Å². The first kappa shape index (κ1) is 14.0. The summed E-state index contributed by atoms with van der Waals surface area (Å²) in [4.78, 5) is 14.2. The van der Waals surface area contributed by atoms with Gasteiger partial charge >= 0.3 is 0 Å². The van der Waals surface area contributed by atoms with Crippen LogP contribution < -0.4 is 11.5 Å². The average Bonchev–Trinajstić information content (AvgIpc) is 2.46. The van der Waals surface area contributed by atoms with E-state index in [1.54, 1.807) is 0 Å². The Hall–Kier alpha value is -1.39. The topological polar surface area (TPSA) is 72.3 Å². The maximum Gasteiger partial charge on any atom is 0.244 e. The van der Waals surface area contributed by atoms with Gasteiger partial charge in [0, 0.05) is 19.1 Å². The van der Waals surface area contributed by atoms with Gasteiger partial charge in [-0.15, -0.1) is 0 Å². The molecule has 1 heterocycles. The van der Waals surface area contributed by atoms with Gasteiger partial charge in [0.1, 0.15) is 6.04 Å². The van der Waals surface area contributed by atoms with Crippen LogP contribution in [0.4, 0.5) is 0 Å². The molecule has 0 bridgehead atoms. The van der Waals surface area contributed by atoms with Gasteiger partial charge in [-0.25, -0.2) is 0 Å². The van der Waals surface area contributed by atoms with Crippen LogP contribution in [0.3, 0.4) is 0 Å². The van der Waals surface area contributed by atoms with E-state index < -0.39 is 6.04 Å². The van der Waals surface area contributed by atoms with Gasteiger partial charge in [0.25, 0.3) is 0 Å². The largest absolute Gasteiger partial charge is 0.341 e. The van der Waals surface area contributed by atoms with Crippen molar-refractivity contribution in [3.8, 4) is 0 Å². The van der Waals surface area contributed by atoms with E-state index in [-0.39, 0.29) is 11.9 Å². The van der Waals surface area contributed by atoms with E-state index in [2.05, 4.69) is 0 Å². The normalized spacial score (nSPS) is 20.1. The van der Waals surface area contributed by atoms with Crippen LogP contribution in [0.25, 0.3) is 0 Å². The monoisotopic (exact) mass is 261 g/mol. The van der Waals surface area contributed by atoms with Crippen LogP contribution in [0.1, 0.15) is 31.4 Å². The van der Waals surface area contributed by atoms with Gasteiger partial charge < -0.3 is 16.4 Å². The Kier molecular flexibility index (Phi) is 4.56. The van der Waals surface area contributed by atoms with Crippen molar-refractivity contribution >= 4 is 5.91 Å². The molecule has 0 saturated carbocycles. The number of carbonyl (C=O) groups is 1. The molecular weight excluding hydrogens is 238 g/mol. The Balaban J connectivity index is 1.94. The summed E-state index contributed by atoms with van der Waals surface area (Å²) in [5.41, 5.74) is 12.8. The fourth-order valence-electron chi connectivity index (χ4n) is 2.65. The van der Waals surface area contributed by atoms with E-state index in [0.29, 0.717) is 5.92 Å². The number of amides is 1. The van der Waals surface area contributed by atoms with Gasteiger partial charge in [-0.05, 0) is 31.2 Å². The molecule has 0 aliphatic carbocycles. The molecular formula is C15H23N3O. The first-order valence-electron chi connectivity index (χ1n) is 6.94.